The molecule has 6 aromatic rings. The SMILES string of the molecule is c1ncc(-c2ccc(-c3cc4sc(-c5ccc(-c6cnc[nH]6)cc5)cc4s3)cc2)[nH]1. The monoisotopic (exact) mass is 424 g/mol. The lowest BCUT2D eigenvalue weighted by atomic mass is 10.1. The Morgan fingerprint density at radius 1 is 0.533 bits per heavy atom. The van der Waals surface area contributed by atoms with Crippen molar-refractivity contribution >= 4 is 32.1 Å². The molecule has 6 heteroatoms. The molecular weight excluding hydrogens is 408 g/mol. The first-order chi connectivity index (χ1) is 14.8. The molecule has 4 nitrogen and oxygen atoms in total. The molecule has 30 heavy (non-hydrogen) atoms. The summed E-state index contributed by atoms with van der Waals surface area (Å²) in [6, 6.07) is 21.9. The van der Waals surface area contributed by atoms with Crippen molar-refractivity contribution in [2.45, 2.75) is 0 Å². The topological polar surface area (TPSA) is 57.4 Å². The molecule has 0 radical (unpaired) electrons. The lowest BCUT2D eigenvalue weighted by Crippen LogP contribution is -1.78. The first-order valence-electron chi connectivity index (χ1n) is 9.55. The van der Waals surface area contributed by atoms with E-state index in [1.165, 1.54) is 30.3 Å². The number of hydrogen-bond acceptors (Lipinski definition) is 4. The molecule has 6 rings (SSSR count). The van der Waals surface area contributed by atoms with Crippen molar-refractivity contribution in [2.24, 2.45) is 0 Å². The molecule has 144 valence electrons. The lowest BCUT2D eigenvalue weighted by molar-refractivity contribution is 1.31. The Kier molecular flexibility index (Phi) is 4.11. The van der Waals surface area contributed by atoms with Gasteiger partial charge in [0.15, 0.2) is 0 Å². The van der Waals surface area contributed by atoms with Gasteiger partial charge in [0.25, 0.3) is 0 Å². The van der Waals surface area contributed by atoms with Crippen LogP contribution < -0.4 is 0 Å². The van der Waals surface area contributed by atoms with E-state index in [0.717, 1.165) is 22.5 Å². The second-order valence-corrected chi connectivity index (χ2v) is 9.20. The van der Waals surface area contributed by atoms with E-state index in [1.54, 1.807) is 12.7 Å². The Morgan fingerprint density at radius 3 is 1.30 bits per heavy atom. The molecule has 0 aliphatic rings. The predicted molar refractivity (Wildman–Crippen MR) is 126 cm³/mol. The van der Waals surface area contributed by atoms with Crippen LogP contribution >= 0.6 is 22.7 Å². The summed E-state index contributed by atoms with van der Waals surface area (Å²) in [5.41, 5.74) is 6.87. The quantitative estimate of drug-likeness (QED) is 0.318. The zero-order valence-corrected chi connectivity index (χ0v) is 17.4. The Hall–Kier alpha value is -3.48. The highest BCUT2D eigenvalue weighted by atomic mass is 32.1. The number of aromatic amines is 2. The summed E-state index contributed by atoms with van der Waals surface area (Å²) in [4.78, 5) is 17.1. The van der Waals surface area contributed by atoms with Crippen molar-refractivity contribution < 1.29 is 0 Å². The molecule has 2 N–H and O–H groups in total. The van der Waals surface area contributed by atoms with Crippen LogP contribution in [0.15, 0.2) is 85.7 Å². The largest absolute Gasteiger partial charge is 0.345 e. The first kappa shape index (κ1) is 17.4. The van der Waals surface area contributed by atoms with E-state index in [2.05, 4.69) is 80.6 Å². The van der Waals surface area contributed by atoms with Crippen LogP contribution in [0.3, 0.4) is 0 Å². The minimum atomic E-state index is 1.04. The molecule has 0 bridgehead atoms. The summed E-state index contributed by atoms with van der Waals surface area (Å²) in [7, 11) is 0. The third-order valence-electron chi connectivity index (χ3n) is 5.16. The van der Waals surface area contributed by atoms with Crippen LogP contribution in [0.5, 0.6) is 0 Å². The Morgan fingerprint density at radius 2 is 0.933 bits per heavy atom. The number of rotatable bonds is 4. The summed E-state index contributed by atoms with van der Waals surface area (Å²) >= 11 is 3.69. The van der Waals surface area contributed by atoms with Gasteiger partial charge in [-0.05, 0) is 34.4 Å². The van der Waals surface area contributed by atoms with E-state index in [1.807, 2.05) is 35.1 Å². The zero-order valence-electron chi connectivity index (χ0n) is 15.8. The van der Waals surface area contributed by atoms with E-state index < -0.39 is 0 Å². The number of fused-ring (bicyclic) bond motifs is 1. The van der Waals surface area contributed by atoms with Crippen LogP contribution in [0.25, 0.3) is 52.8 Å². The van der Waals surface area contributed by atoms with E-state index in [9.17, 15) is 0 Å². The molecular formula is C24H16N4S2. The van der Waals surface area contributed by atoms with Crippen LogP contribution in [-0.4, -0.2) is 19.9 Å². The van der Waals surface area contributed by atoms with Gasteiger partial charge in [-0.3, -0.25) is 0 Å². The van der Waals surface area contributed by atoms with Crippen molar-refractivity contribution in [1.29, 1.82) is 0 Å². The fourth-order valence-corrected chi connectivity index (χ4v) is 5.98. The van der Waals surface area contributed by atoms with Gasteiger partial charge in [0.2, 0.25) is 0 Å². The van der Waals surface area contributed by atoms with E-state index in [0.29, 0.717) is 0 Å². The van der Waals surface area contributed by atoms with Gasteiger partial charge in [0, 0.05) is 19.2 Å². The number of imidazole rings is 2. The second-order valence-electron chi connectivity index (χ2n) is 7.04. The Balaban J connectivity index is 1.27. The number of benzene rings is 2. The van der Waals surface area contributed by atoms with Crippen LogP contribution in [0, 0.1) is 0 Å². The van der Waals surface area contributed by atoms with Crippen molar-refractivity contribution in [2.75, 3.05) is 0 Å². The van der Waals surface area contributed by atoms with E-state index >= 15 is 0 Å². The normalized spacial score (nSPS) is 11.3. The van der Waals surface area contributed by atoms with Gasteiger partial charge >= 0.3 is 0 Å². The third-order valence-corrected chi connectivity index (χ3v) is 7.56. The first-order valence-corrected chi connectivity index (χ1v) is 11.2. The van der Waals surface area contributed by atoms with Gasteiger partial charge in [-0.15, -0.1) is 22.7 Å². The van der Waals surface area contributed by atoms with Gasteiger partial charge in [-0.1, -0.05) is 48.5 Å². The minimum Gasteiger partial charge on any atom is -0.345 e. The number of thiophene rings is 2. The van der Waals surface area contributed by atoms with E-state index in [4.69, 9.17) is 0 Å². The fraction of sp³-hybridized carbons (Fsp3) is 0. The number of H-pyrrole nitrogens is 2. The molecule has 0 aliphatic heterocycles. The summed E-state index contributed by atoms with van der Waals surface area (Å²) in [6.45, 7) is 0. The van der Waals surface area contributed by atoms with Crippen molar-refractivity contribution in [3.05, 3.63) is 85.7 Å². The molecule has 2 aromatic carbocycles. The number of nitrogens with zero attached hydrogens (tertiary/aromatic N) is 2. The molecule has 0 saturated carbocycles. The average molecular weight is 425 g/mol. The number of hydrogen-bond donors (Lipinski definition) is 2. The fourth-order valence-electron chi connectivity index (χ4n) is 3.58. The predicted octanol–water partition coefficient (Wildman–Crippen LogP) is 7.08. The van der Waals surface area contributed by atoms with Crippen LogP contribution in [-0.2, 0) is 0 Å². The van der Waals surface area contributed by atoms with Crippen LogP contribution in [0.4, 0.5) is 0 Å². The molecule has 0 fully saturated rings. The smallest absolute Gasteiger partial charge is 0.0924 e. The molecule has 4 aromatic heterocycles. The summed E-state index contributed by atoms with van der Waals surface area (Å²) < 4.78 is 2.67. The lowest BCUT2D eigenvalue weighted by Gasteiger charge is -2.01. The molecule has 0 aliphatic carbocycles. The maximum absolute atomic E-state index is 4.10. The Labute approximate surface area is 180 Å². The summed E-state index contributed by atoms with van der Waals surface area (Å²) in [6.07, 6.45) is 7.11. The van der Waals surface area contributed by atoms with Crippen molar-refractivity contribution in [3.63, 3.8) is 0 Å². The maximum atomic E-state index is 4.10. The second kappa shape index (κ2) is 7.09. The number of nitrogens with one attached hydrogen (secondary N) is 2. The van der Waals surface area contributed by atoms with Gasteiger partial charge < -0.3 is 9.97 Å². The average Bonchev–Trinajstić information content (AvgIpc) is 3.58. The highest BCUT2D eigenvalue weighted by Gasteiger charge is 2.11. The summed E-state index contributed by atoms with van der Waals surface area (Å²) in [5.74, 6) is 0. The third kappa shape index (κ3) is 3.07. The molecule has 0 unspecified atom stereocenters. The van der Waals surface area contributed by atoms with Crippen molar-refractivity contribution in [1.82, 2.24) is 19.9 Å². The van der Waals surface area contributed by atoms with Gasteiger partial charge in [-0.25, -0.2) is 9.97 Å². The minimum absolute atomic E-state index is 1.04. The Bertz CT molecular complexity index is 1270. The standard InChI is InChI=1S/C24H16N4S2/c1-5-17(6-2-15(1)19-11-25-13-27-19)21-9-23-24(29-21)10-22(30-23)18-7-3-16(4-8-18)20-12-26-14-28-20/h1-14H,(H,25,27)(H,26,28). The molecule has 0 amide bonds. The van der Waals surface area contributed by atoms with Gasteiger partial charge in [0.1, 0.15) is 0 Å². The summed E-state index contributed by atoms with van der Waals surface area (Å²) in [5, 5.41) is 0. The molecule has 0 atom stereocenters. The van der Waals surface area contributed by atoms with Crippen molar-refractivity contribution in [3.8, 4) is 43.4 Å². The maximum Gasteiger partial charge on any atom is 0.0924 e. The van der Waals surface area contributed by atoms with Crippen LogP contribution in [0.2, 0.25) is 0 Å². The molecule has 0 saturated heterocycles. The number of aromatic nitrogens is 4. The highest BCUT2D eigenvalue weighted by molar-refractivity contribution is 7.31. The van der Waals surface area contributed by atoms with E-state index in [-0.39, 0.29) is 0 Å². The molecule has 0 spiro atoms. The highest BCUT2D eigenvalue weighted by Crippen LogP contribution is 2.42. The zero-order chi connectivity index (χ0) is 19.9. The molecule has 4 heterocycles. The van der Waals surface area contributed by atoms with Gasteiger partial charge in [0.05, 0.1) is 36.4 Å². The van der Waals surface area contributed by atoms with Gasteiger partial charge in [-0.2, -0.15) is 0 Å². The van der Waals surface area contributed by atoms with Crippen LogP contribution in [0.1, 0.15) is 0 Å².